The minimum absolute atomic E-state index is 0.0541. The number of hydrogen-bond donors (Lipinski definition) is 1. The summed E-state index contributed by atoms with van der Waals surface area (Å²) < 4.78 is 37.5. The van der Waals surface area contributed by atoms with Crippen molar-refractivity contribution in [3.05, 3.63) is 0 Å². The number of nitrogens with zero attached hydrogens (tertiary/aromatic N) is 1. The molecule has 0 bridgehead atoms. The van der Waals surface area contributed by atoms with E-state index < -0.39 is 30.7 Å². The van der Waals surface area contributed by atoms with Gasteiger partial charge in [0, 0.05) is 12.1 Å². The maximum atomic E-state index is 12.5. The molecule has 0 spiro atoms. The molecule has 0 aliphatic heterocycles. The fraction of sp³-hybridized carbons (Fsp3) is 0.909. The molecule has 0 amide bonds. The van der Waals surface area contributed by atoms with E-state index in [1.54, 1.807) is 0 Å². The zero-order valence-electron chi connectivity index (χ0n) is 9.41. The van der Waals surface area contributed by atoms with Gasteiger partial charge in [0.25, 0.3) is 0 Å². The summed E-state index contributed by atoms with van der Waals surface area (Å²) in [5, 5.41) is 9.03. The Morgan fingerprint density at radius 2 is 1.88 bits per heavy atom. The normalized spacial score (nSPS) is 29.9. The van der Waals surface area contributed by atoms with Gasteiger partial charge in [-0.1, -0.05) is 6.42 Å². The smallest absolute Gasteiger partial charge is 0.401 e. The molecule has 2 aliphatic rings. The van der Waals surface area contributed by atoms with Crippen LogP contribution in [0.25, 0.3) is 0 Å². The predicted octanol–water partition coefficient (Wildman–Crippen LogP) is 2.27. The monoisotopic (exact) mass is 251 g/mol. The number of carbonyl (C=O) groups is 1. The maximum Gasteiger partial charge on any atom is 0.401 e. The molecule has 2 rings (SSSR count). The number of carboxylic acids is 1. The van der Waals surface area contributed by atoms with Crippen molar-refractivity contribution >= 4 is 5.97 Å². The van der Waals surface area contributed by atoms with Gasteiger partial charge in [-0.05, 0) is 25.7 Å². The minimum Gasteiger partial charge on any atom is -0.481 e. The van der Waals surface area contributed by atoms with Gasteiger partial charge in [-0.15, -0.1) is 0 Å². The third kappa shape index (κ3) is 3.12. The van der Waals surface area contributed by atoms with Crippen LogP contribution in [-0.2, 0) is 4.79 Å². The summed E-state index contributed by atoms with van der Waals surface area (Å²) in [5.74, 6) is -1.58. The first-order valence-electron chi connectivity index (χ1n) is 5.94. The summed E-state index contributed by atoms with van der Waals surface area (Å²) >= 11 is 0. The second-order valence-electron chi connectivity index (χ2n) is 4.96. The molecular weight excluding hydrogens is 235 g/mol. The van der Waals surface area contributed by atoms with Crippen LogP contribution in [0.4, 0.5) is 13.2 Å². The lowest BCUT2D eigenvalue weighted by atomic mass is 10.0. The summed E-state index contributed by atoms with van der Waals surface area (Å²) in [6.07, 6.45) is -0.931. The number of alkyl halides is 3. The van der Waals surface area contributed by atoms with Crippen LogP contribution in [0.15, 0.2) is 0 Å². The Morgan fingerprint density at radius 1 is 1.24 bits per heavy atom. The summed E-state index contributed by atoms with van der Waals surface area (Å²) in [4.78, 5) is 12.4. The van der Waals surface area contributed by atoms with Gasteiger partial charge in [-0.25, -0.2) is 0 Å². The molecule has 0 aromatic heterocycles. The zero-order valence-corrected chi connectivity index (χ0v) is 9.41. The van der Waals surface area contributed by atoms with E-state index >= 15 is 0 Å². The van der Waals surface area contributed by atoms with Crippen LogP contribution < -0.4 is 0 Å². The van der Waals surface area contributed by atoms with Gasteiger partial charge in [0.2, 0.25) is 0 Å². The molecule has 0 radical (unpaired) electrons. The van der Waals surface area contributed by atoms with Gasteiger partial charge in [0.05, 0.1) is 12.5 Å². The Bertz CT molecular complexity index is 302. The highest BCUT2D eigenvalue weighted by Gasteiger charge is 2.46. The van der Waals surface area contributed by atoms with E-state index in [9.17, 15) is 18.0 Å². The summed E-state index contributed by atoms with van der Waals surface area (Å²) in [6.45, 7) is -0.966. The molecule has 2 atom stereocenters. The van der Waals surface area contributed by atoms with E-state index in [0.717, 1.165) is 12.8 Å². The van der Waals surface area contributed by atoms with Crippen LogP contribution in [0.2, 0.25) is 0 Å². The van der Waals surface area contributed by atoms with Crippen molar-refractivity contribution in [2.75, 3.05) is 6.54 Å². The Hall–Kier alpha value is -0.780. The minimum atomic E-state index is -4.24. The molecule has 3 nitrogen and oxygen atoms in total. The van der Waals surface area contributed by atoms with Crippen molar-refractivity contribution in [3.63, 3.8) is 0 Å². The number of aliphatic carboxylic acids is 1. The van der Waals surface area contributed by atoms with E-state index in [0.29, 0.717) is 19.3 Å². The average molecular weight is 251 g/mol. The maximum absolute atomic E-state index is 12.5. The molecule has 1 N–H and O–H groups in total. The van der Waals surface area contributed by atoms with Crippen molar-refractivity contribution in [2.24, 2.45) is 5.92 Å². The standard InChI is InChI=1S/C11H16F3NO2/c12-11(13,14)6-15(7-4-5-7)9-3-1-2-8(9)10(16)17/h7-9H,1-6H2,(H,16,17). The molecule has 0 heterocycles. The molecular formula is C11H16F3NO2. The highest BCUT2D eigenvalue weighted by molar-refractivity contribution is 5.71. The van der Waals surface area contributed by atoms with E-state index in [1.807, 2.05) is 0 Å². The van der Waals surface area contributed by atoms with Crippen molar-refractivity contribution in [1.29, 1.82) is 0 Å². The van der Waals surface area contributed by atoms with Crippen LogP contribution in [0.5, 0.6) is 0 Å². The highest BCUT2D eigenvalue weighted by Crippen LogP contribution is 2.39. The van der Waals surface area contributed by atoms with E-state index in [1.165, 1.54) is 4.90 Å². The van der Waals surface area contributed by atoms with Gasteiger partial charge in [-0.3, -0.25) is 9.69 Å². The van der Waals surface area contributed by atoms with E-state index in [4.69, 9.17) is 5.11 Å². The molecule has 2 aliphatic carbocycles. The van der Waals surface area contributed by atoms with Crippen LogP contribution in [0, 0.1) is 5.92 Å². The van der Waals surface area contributed by atoms with Gasteiger partial charge < -0.3 is 5.11 Å². The number of rotatable bonds is 4. The molecule has 6 heteroatoms. The molecule has 0 aromatic carbocycles. The number of carboxylic acid groups (broad SMARTS) is 1. The van der Waals surface area contributed by atoms with Crippen LogP contribution in [0.1, 0.15) is 32.1 Å². The second-order valence-corrected chi connectivity index (χ2v) is 4.96. The first-order chi connectivity index (χ1) is 7.88. The van der Waals surface area contributed by atoms with Gasteiger partial charge in [0.1, 0.15) is 0 Å². The zero-order chi connectivity index (χ0) is 12.6. The largest absolute Gasteiger partial charge is 0.481 e. The quantitative estimate of drug-likeness (QED) is 0.833. The first-order valence-corrected chi connectivity index (χ1v) is 5.94. The van der Waals surface area contributed by atoms with Crippen LogP contribution >= 0.6 is 0 Å². The SMILES string of the molecule is O=C(O)C1CCCC1N(CC(F)(F)F)C1CC1. The lowest BCUT2D eigenvalue weighted by Crippen LogP contribution is -2.46. The van der Waals surface area contributed by atoms with Crippen molar-refractivity contribution in [1.82, 2.24) is 4.90 Å². The van der Waals surface area contributed by atoms with Gasteiger partial charge in [-0.2, -0.15) is 13.2 Å². The number of halogens is 3. The van der Waals surface area contributed by atoms with Crippen LogP contribution in [0.3, 0.4) is 0 Å². The van der Waals surface area contributed by atoms with Gasteiger partial charge >= 0.3 is 12.1 Å². The molecule has 0 saturated heterocycles. The summed E-state index contributed by atoms with van der Waals surface area (Å²) in [6, 6.07) is -0.483. The molecule has 2 unspecified atom stereocenters. The Balaban J connectivity index is 2.07. The van der Waals surface area contributed by atoms with Crippen molar-refractivity contribution in [2.45, 2.75) is 50.4 Å². The number of hydrogen-bond acceptors (Lipinski definition) is 2. The van der Waals surface area contributed by atoms with Crippen LogP contribution in [-0.4, -0.2) is 40.8 Å². The van der Waals surface area contributed by atoms with E-state index in [2.05, 4.69) is 0 Å². The summed E-state index contributed by atoms with van der Waals surface area (Å²) in [7, 11) is 0. The fourth-order valence-corrected chi connectivity index (χ4v) is 2.76. The lowest BCUT2D eigenvalue weighted by molar-refractivity contribution is -0.160. The lowest BCUT2D eigenvalue weighted by Gasteiger charge is -2.32. The topological polar surface area (TPSA) is 40.5 Å². The Kier molecular flexibility index (Phi) is 3.34. The second kappa shape index (κ2) is 4.48. The first kappa shape index (κ1) is 12.7. The fourth-order valence-electron chi connectivity index (χ4n) is 2.76. The van der Waals surface area contributed by atoms with Gasteiger partial charge in [0.15, 0.2) is 0 Å². The predicted molar refractivity (Wildman–Crippen MR) is 54.5 cm³/mol. The van der Waals surface area contributed by atoms with E-state index in [-0.39, 0.29) is 6.04 Å². The third-order valence-electron chi connectivity index (χ3n) is 3.60. The molecule has 2 fully saturated rings. The summed E-state index contributed by atoms with van der Waals surface area (Å²) in [5.41, 5.74) is 0. The molecule has 0 aromatic rings. The Morgan fingerprint density at radius 3 is 2.35 bits per heavy atom. The average Bonchev–Trinajstić information content (AvgIpc) is 2.89. The molecule has 2 saturated carbocycles. The third-order valence-corrected chi connectivity index (χ3v) is 3.60. The van der Waals surface area contributed by atoms with Crippen molar-refractivity contribution < 1.29 is 23.1 Å². The highest BCUT2D eigenvalue weighted by atomic mass is 19.4. The molecule has 98 valence electrons. The molecule has 17 heavy (non-hydrogen) atoms. The Labute approximate surface area is 97.6 Å². The van der Waals surface area contributed by atoms with Crippen molar-refractivity contribution in [3.8, 4) is 0 Å².